The summed E-state index contributed by atoms with van der Waals surface area (Å²) in [6, 6.07) is 8.43. The van der Waals surface area contributed by atoms with Gasteiger partial charge < -0.3 is 10.6 Å². The second-order valence-corrected chi connectivity index (χ2v) is 6.47. The van der Waals surface area contributed by atoms with Gasteiger partial charge in [-0.2, -0.15) is 0 Å². The Morgan fingerprint density at radius 3 is 2.67 bits per heavy atom. The van der Waals surface area contributed by atoms with Crippen molar-refractivity contribution in [2.75, 3.05) is 11.9 Å². The fourth-order valence-corrected chi connectivity index (χ4v) is 3.36. The Bertz CT molecular complexity index is 478. The van der Waals surface area contributed by atoms with E-state index in [4.69, 9.17) is 0 Å². The molecule has 0 spiro atoms. The highest BCUT2D eigenvalue weighted by Gasteiger charge is 2.31. The van der Waals surface area contributed by atoms with Crippen molar-refractivity contribution in [3.05, 3.63) is 29.8 Å². The zero-order valence-electron chi connectivity index (χ0n) is 13.5. The third-order valence-corrected chi connectivity index (χ3v) is 4.90. The van der Waals surface area contributed by atoms with Crippen LogP contribution in [-0.2, 0) is 4.79 Å². The van der Waals surface area contributed by atoms with Gasteiger partial charge in [0.15, 0.2) is 0 Å². The SMILES string of the molecule is CCC1(CNC(C)c2cccc(NC(C)=O)c2)CCCC1. The molecule has 3 heteroatoms. The first-order chi connectivity index (χ1) is 10.0. The van der Waals surface area contributed by atoms with Gasteiger partial charge in [-0.3, -0.25) is 4.79 Å². The highest BCUT2D eigenvalue weighted by molar-refractivity contribution is 5.88. The molecule has 0 aliphatic heterocycles. The zero-order valence-corrected chi connectivity index (χ0v) is 13.5. The smallest absolute Gasteiger partial charge is 0.221 e. The molecule has 1 aliphatic carbocycles. The molecule has 1 aliphatic rings. The summed E-state index contributed by atoms with van der Waals surface area (Å²) in [4.78, 5) is 11.1. The van der Waals surface area contributed by atoms with Gasteiger partial charge in [-0.25, -0.2) is 0 Å². The minimum Gasteiger partial charge on any atom is -0.326 e. The van der Waals surface area contributed by atoms with Crippen molar-refractivity contribution in [3.8, 4) is 0 Å². The molecule has 1 atom stereocenters. The summed E-state index contributed by atoms with van der Waals surface area (Å²) in [5.41, 5.74) is 2.61. The largest absolute Gasteiger partial charge is 0.326 e. The van der Waals surface area contributed by atoms with Crippen molar-refractivity contribution in [2.24, 2.45) is 5.41 Å². The molecule has 1 fully saturated rings. The molecule has 1 unspecified atom stereocenters. The van der Waals surface area contributed by atoms with Gasteiger partial charge in [0.1, 0.15) is 0 Å². The number of carbonyl (C=O) groups is 1. The lowest BCUT2D eigenvalue weighted by molar-refractivity contribution is -0.114. The Hall–Kier alpha value is -1.35. The van der Waals surface area contributed by atoms with E-state index in [2.05, 4.69) is 36.6 Å². The molecule has 0 aromatic heterocycles. The number of hydrogen-bond acceptors (Lipinski definition) is 2. The minimum absolute atomic E-state index is 0.0244. The first kappa shape index (κ1) is 16.0. The summed E-state index contributed by atoms with van der Waals surface area (Å²) >= 11 is 0. The molecule has 0 bridgehead atoms. The van der Waals surface area contributed by atoms with Crippen LogP contribution in [0.15, 0.2) is 24.3 Å². The first-order valence-corrected chi connectivity index (χ1v) is 8.16. The maximum absolute atomic E-state index is 11.1. The monoisotopic (exact) mass is 288 g/mol. The van der Waals surface area contributed by atoms with Crippen LogP contribution in [0.5, 0.6) is 0 Å². The van der Waals surface area contributed by atoms with Crippen LogP contribution in [0.2, 0.25) is 0 Å². The van der Waals surface area contributed by atoms with E-state index in [9.17, 15) is 4.79 Å². The van der Waals surface area contributed by atoms with Crippen LogP contribution in [0.3, 0.4) is 0 Å². The van der Waals surface area contributed by atoms with Gasteiger partial charge in [0.05, 0.1) is 0 Å². The fraction of sp³-hybridized carbons (Fsp3) is 0.611. The van der Waals surface area contributed by atoms with Gasteiger partial charge in [0.2, 0.25) is 5.91 Å². The van der Waals surface area contributed by atoms with Crippen LogP contribution in [-0.4, -0.2) is 12.5 Å². The first-order valence-electron chi connectivity index (χ1n) is 8.16. The number of benzene rings is 1. The summed E-state index contributed by atoms with van der Waals surface area (Å²) in [6.45, 7) is 7.15. The Morgan fingerprint density at radius 1 is 1.33 bits per heavy atom. The molecule has 0 saturated heterocycles. The lowest BCUT2D eigenvalue weighted by atomic mass is 9.83. The molecule has 0 radical (unpaired) electrons. The second kappa shape index (κ2) is 7.08. The van der Waals surface area contributed by atoms with Gasteiger partial charge in [0, 0.05) is 25.2 Å². The fourth-order valence-electron chi connectivity index (χ4n) is 3.36. The Balaban J connectivity index is 1.96. The van der Waals surface area contributed by atoms with E-state index in [1.165, 1.54) is 37.7 Å². The highest BCUT2D eigenvalue weighted by Crippen LogP contribution is 2.40. The maximum Gasteiger partial charge on any atom is 0.221 e. The average Bonchev–Trinajstić information content (AvgIpc) is 2.94. The normalized spacial score (nSPS) is 18.4. The van der Waals surface area contributed by atoms with Crippen molar-refractivity contribution in [1.29, 1.82) is 0 Å². The molecule has 0 heterocycles. The van der Waals surface area contributed by atoms with Crippen LogP contribution in [0.4, 0.5) is 5.69 Å². The van der Waals surface area contributed by atoms with Gasteiger partial charge >= 0.3 is 0 Å². The van der Waals surface area contributed by atoms with E-state index in [0.29, 0.717) is 11.5 Å². The summed E-state index contributed by atoms with van der Waals surface area (Å²) in [5, 5.41) is 6.55. The second-order valence-electron chi connectivity index (χ2n) is 6.47. The van der Waals surface area contributed by atoms with Crippen molar-refractivity contribution < 1.29 is 4.79 Å². The van der Waals surface area contributed by atoms with E-state index in [0.717, 1.165) is 12.2 Å². The predicted molar refractivity (Wildman–Crippen MR) is 88.4 cm³/mol. The highest BCUT2D eigenvalue weighted by atomic mass is 16.1. The topological polar surface area (TPSA) is 41.1 Å². The van der Waals surface area contributed by atoms with Crippen molar-refractivity contribution >= 4 is 11.6 Å². The van der Waals surface area contributed by atoms with Crippen LogP contribution < -0.4 is 10.6 Å². The van der Waals surface area contributed by atoms with E-state index in [-0.39, 0.29) is 5.91 Å². The Morgan fingerprint density at radius 2 is 2.05 bits per heavy atom. The van der Waals surface area contributed by atoms with E-state index in [1.54, 1.807) is 6.92 Å². The van der Waals surface area contributed by atoms with Gasteiger partial charge in [0.25, 0.3) is 0 Å². The molecule has 116 valence electrons. The third-order valence-electron chi connectivity index (χ3n) is 4.90. The quantitative estimate of drug-likeness (QED) is 0.821. The lowest BCUT2D eigenvalue weighted by Crippen LogP contribution is -2.33. The van der Waals surface area contributed by atoms with E-state index >= 15 is 0 Å². The van der Waals surface area contributed by atoms with Crippen LogP contribution in [0.25, 0.3) is 0 Å². The molecular formula is C18H28N2O. The van der Waals surface area contributed by atoms with E-state index in [1.807, 2.05) is 12.1 Å². The molecule has 1 saturated carbocycles. The average molecular weight is 288 g/mol. The molecule has 1 amide bonds. The van der Waals surface area contributed by atoms with Gasteiger partial charge in [-0.05, 0) is 49.3 Å². The van der Waals surface area contributed by atoms with Crippen LogP contribution in [0, 0.1) is 5.41 Å². The molecular weight excluding hydrogens is 260 g/mol. The van der Waals surface area contributed by atoms with Crippen molar-refractivity contribution in [3.63, 3.8) is 0 Å². The number of rotatable bonds is 6. The summed E-state index contributed by atoms with van der Waals surface area (Å²) in [6.07, 6.45) is 6.73. The third kappa shape index (κ3) is 4.31. The van der Waals surface area contributed by atoms with Crippen molar-refractivity contribution in [1.82, 2.24) is 5.32 Å². The minimum atomic E-state index is -0.0244. The molecule has 2 N–H and O–H groups in total. The standard InChI is InChI=1S/C18H28N2O/c1-4-18(10-5-6-11-18)13-19-14(2)16-8-7-9-17(12-16)20-15(3)21/h7-9,12,14,19H,4-6,10-11,13H2,1-3H3,(H,20,21). The molecule has 1 aromatic carbocycles. The lowest BCUT2D eigenvalue weighted by Gasteiger charge is -2.30. The number of carbonyl (C=O) groups excluding carboxylic acids is 1. The maximum atomic E-state index is 11.1. The molecule has 1 aromatic rings. The predicted octanol–water partition coefficient (Wildman–Crippen LogP) is 4.27. The number of nitrogens with one attached hydrogen (secondary N) is 2. The molecule has 21 heavy (non-hydrogen) atoms. The molecule has 2 rings (SSSR count). The number of amides is 1. The number of hydrogen-bond donors (Lipinski definition) is 2. The number of anilines is 1. The van der Waals surface area contributed by atoms with Crippen LogP contribution >= 0.6 is 0 Å². The summed E-state index contributed by atoms with van der Waals surface area (Å²) in [7, 11) is 0. The summed E-state index contributed by atoms with van der Waals surface area (Å²) < 4.78 is 0. The molecule has 3 nitrogen and oxygen atoms in total. The van der Waals surface area contributed by atoms with Crippen molar-refractivity contribution in [2.45, 2.75) is 58.9 Å². The Kier molecular flexibility index (Phi) is 5.40. The summed E-state index contributed by atoms with van der Waals surface area (Å²) in [5.74, 6) is -0.0244. The van der Waals surface area contributed by atoms with Gasteiger partial charge in [-0.1, -0.05) is 31.9 Å². The van der Waals surface area contributed by atoms with Gasteiger partial charge in [-0.15, -0.1) is 0 Å². The zero-order chi connectivity index (χ0) is 15.3. The Labute approximate surface area is 128 Å². The van der Waals surface area contributed by atoms with Crippen LogP contribution in [0.1, 0.15) is 64.5 Å². The van der Waals surface area contributed by atoms with E-state index < -0.39 is 0 Å².